The van der Waals surface area contributed by atoms with Crippen molar-refractivity contribution in [1.29, 1.82) is 0 Å². The average Bonchev–Trinajstić information content (AvgIpc) is 3.45. The maximum atomic E-state index is 13.0. The topological polar surface area (TPSA) is 75.7 Å². The molecule has 6 nitrogen and oxygen atoms in total. The van der Waals surface area contributed by atoms with Crippen molar-refractivity contribution in [3.8, 4) is 11.5 Å². The normalized spacial score (nSPS) is 25.8. The minimum absolute atomic E-state index is 0.134. The van der Waals surface area contributed by atoms with Crippen LogP contribution in [0.5, 0.6) is 11.5 Å². The van der Waals surface area contributed by atoms with Gasteiger partial charge in [-0.05, 0) is 60.2 Å². The number of hydrogen-bond donors (Lipinski definition) is 1. The molecule has 1 saturated heterocycles. The molecule has 2 aliphatic carbocycles. The predicted molar refractivity (Wildman–Crippen MR) is 109 cm³/mol. The summed E-state index contributed by atoms with van der Waals surface area (Å²) in [4.78, 5) is 38.8. The van der Waals surface area contributed by atoms with Gasteiger partial charge in [0.15, 0.2) is 0 Å². The highest BCUT2D eigenvalue weighted by molar-refractivity contribution is 6.08. The molecule has 3 amide bonds. The molecule has 2 fully saturated rings. The fourth-order valence-corrected chi connectivity index (χ4v) is 4.83. The van der Waals surface area contributed by atoms with Gasteiger partial charge in [-0.15, -0.1) is 0 Å². The standard InChI is InChI=1S/C24H21FN2O4/c25-17-5-9-19(10-6-17)31-18-7-1-14(2-8-18)12-26-20(28)13-27-23(29)21-15-3-4-16(11-15)22(21)24(27)30/h1-10,15-16,21-22H,11-13H2,(H,26,28). The van der Waals surface area contributed by atoms with Crippen LogP contribution in [0.25, 0.3) is 0 Å². The summed E-state index contributed by atoms with van der Waals surface area (Å²) in [7, 11) is 0. The second-order valence-electron chi connectivity index (χ2n) is 8.24. The molecule has 0 spiro atoms. The lowest BCUT2D eigenvalue weighted by atomic mass is 9.85. The summed E-state index contributed by atoms with van der Waals surface area (Å²) in [6.07, 6.45) is 4.93. The Morgan fingerprint density at radius 1 is 0.935 bits per heavy atom. The number of carbonyl (C=O) groups excluding carboxylic acids is 3. The second kappa shape index (κ2) is 7.65. The highest BCUT2D eigenvalue weighted by atomic mass is 19.1. The Bertz CT molecular complexity index is 1030. The first-order valence-electron chi connectivity index (χ1n) is 10.3. The second-order valence-corrected chi connectivity index (χ2v) is 8.24. The van der Waals surface area contributed by atoms with E-state index in [1.54, 1.807) is 36.4 Å². The van der Waals surface area contributed by atoms with Crippen molar-refractivity contribution in [3.63, 3.8) is 0 Å². The van der Waals surface area contributed by atoms with Crippen molar-refractivity contribution in [2.75, 3.05) is 6.54 Å². The summed E-state index contributed by atoms with van der Waals surface area (Å²) in [5, 5.41) is 2.76. The molecule has 4 atom stereocenters. The van der Waals surface area contributed by atoms with Crippen LogP contribution in [0.2, 0.25) is 0 Å². The third-order valence-corrected chi connectivity index (χ3v) is 6.33. The molecular formula is C24H21FN2O4. The summed E-state index contributed by atoms with van der Waals surface area (Å²) >= 11 is 0. The Hall–Kier alpha value is -3.48. The van der Waals surface area contributed by atoms with E-state index in [4.69, 9.17) is 4.74 Å². The molecule has 1 aliphatic heterocycles. The lowest BCUT2D eigenvalue weighted by molar-refractivity contribution is -0.144. The van der Waals surface area contributed by atoms with Gasteiger partial charge in [0.25, 0.3) is 0 Å². The number of nitrogens with one attached hydrogen (secondary N) is 1. The molecule has 2 aromatic rings. The Morgan fingerprint density at radius 3 is 2.06 bits per heavy atom. The van der Waals surface area contributed by atoms with Crippen LogP contribution in [0.1, 0.15) is 12.0 Å². The highest BCUT2D eigenvalue weighted by Gasteiger charge is 2.59. The van der Waals surface area contributed by atoms with E-state index in [9.17, 15) is 18.8 Å². The van der Waals surface area contributed by atoms with E-state index in [0.29, 0.717) is 11.5 Å². The van der Waals surface area contributed by atoms with Gasteiger partial charge in [-0.3, -0.25) is 19.3 Å². The fourth-order valence-electron chi connectivity index (χ4n) is 4.83. The van der Waals surface area contributed by atoms with Gasteiger partial charge >= 0.3 is 0 Å². The minimum atomic E-state index is -0.367. The van der Waals surface area contributed by atoms with Gasteiger partial charge in [0.05, 0.1) is 11.8 Å². The van der Waals surface area contributed by atoms with Crippen LogP contribution in [-0.4, -0.2) is 29.2 Å². The summed E-state index contributed by atoms with van der Waals surface area (Å²) in [5.41, 5.74) is 0.845. The zero-order valence-electron chi connectivity index (χ0n) is 16.7. The smallest absolute Gasteiger partial charge is 0.240 e. The van der Waals surface area contributed by atoms with Gasteiger partial charge in [0.1, 0.15) is 23.9 Å². The Morgan fingerprint density at radius 2 is 1.48 bits per heavy atom. The molecule has 2 bridgehead atoms. The van der Waals surface area contributed by atoms with Gasteiger partial charge in [0.2, 0.25) is 17.7 Å². The summed E-state index contributed by atoms with van der Waals surface area (Å²) in [6, 6.07) is 12.8. The number of carbonyl (C=O) groups is 3. The van der Waals surface area contributed by atoms with Crippen LogP contribution in [0.3, 0.4) is 0 Å². The quantitative estimate of drug-likeness (QED) is 0.576. The average molecular weight is 420 g/mol. The Kier molecular flexibility index (Phi) is 4.81. The zero-order valence-corrected chi connectivity index (χ0v) is 16.7. The molecule has 1 saturated carbocycles. The number of hydrogen-bond acceptors (Lipinski definition) is 4. The molecule has 4 unspecified atom stereocenters. The molecule has 5 rings (SSSR count). The van der Waals surface area contributed by atoms with Gasteiger partial charge in [-0.2, -0.15) is 0 Å². The number of nitrogens with zero attached hydrogens (tertiary/aromatic N) is 1. The lowest BCUT2D eigenvalue weighted by Crippen LogP contribution is -2.41. The van der Waals surface area contributed by atoms with Crippen molar-refractivity contribution in [2.24, 2.45) is 23.7 Å². The van der Waals surface area contributed by atoms with E-state index < -0.39 is 0 Å². The number of halogens is 1. The zero-order chi connectivity index (χ0) is 21.5. The third-order valence-electron chi connectivity index (χ3n) is 6.33. The van der Waals surface area contributed by atoms with Crippen LogP contribution in [0.4, 0.5) is 4.39 Å². The van der Waals surface area contributed by atoms with Crippen LogP contribution in [-0.2, 0) is 20.9 Å². The first-order valence-corrected chi connectivity index (χ1v) is 10.3. The Labute approximate surface area is 178 Å². The van der Waals surface area contributed by atoms with E-state index >= 15 is 0 Å². The monoisotopic (exact) mass is 420 g/mol. The lowest BCUT2D eigenvalue weighted by Gasteiger charge is -2.16. The number of fused-ring (bicyclic) bond motifs is 5. The molecular weight excluding hydrogens is 399 g/mol. The van der Waals surface area contributed by atoms with Crippen LogP contribution in [0.15, 0.2) is 60.7 Å². The fraction of sp³-hybridized carbons (Fsp3) is 0.292. The van der Waals surface area contributed by atoms with E-state index in [1.165, 1.54) is 12.1 Å². The van der Waals surface area contributed by atoms with Gasteiger partial charge in [-0.1, -0.05) is 24.3 Å². The summed E-state index contributed by atoms with van der Waals surface area (Å²) in [6.45, 7) is 0.0292. The van der Waals surface area contributed by atoms with Crippen molar-refractivity contribution in [1.82, 2.24) is 10.2 Å². The van der Waals surface area contributed by atoms with Crippen LogP contribution < -0.4 is 10.1 Å². The van der Waals surface area contributed by atoms with Gasteiger partial charge < -0.3 is 10.1 Å². The van der Waals surface area contributed by atoms with Gasteiger partial charge in [0, 0.05) is 6.54 Å². The van der Waals surface area contributed by atoms with E-state index in [-0.39, 0.29) is 60.3 Å². The summed E-state index contributed by atoms with van der Waals surface area (Å²) < 4.78 is 18.6. The Balaban J connectivity index is 1.14. The minimum Gasteiger partial charge on any atom is -0.457 e. The molecule has 1 N–H and O–H groups in total. The molecule has 7 heteroatoms. The van der Waals surface area contributed by atoms with Crippen molar-refractivity contribution >= 4 is 17.7 Å². The van der Waals surface area contributed by atoms with Crippen LogP contribution >= 0.6 is 0 Å². The highest BCUT2D eigenvalue weighted by Crippen LogP contribution is 2.52. The molecule has 2 aromatic carbocycles. The number of imide groups is 1. The SMILES string of the molecule is O=C(CN1C(=O)C2C3C=CC(C3)C2C1=O)NCc1ccc(Oc2ccc(F)cc2)cc1. The first kappa shape index (κ1) is 19.5. The molecule has 1 heterocycles. The van der Waals surface area contributed by atoms with Gasteiger partial charge in [-0.25, -0.2) is 4.39 Å². The largest absolute Gasteiger partial charge is 0.457 e. The predicted octanol–water partition coefficient (Wildman–Crippen LogP) is 3.04. The molecule has 3 aliphatic rings. The van der Waals surface area contributed by atoms with E-state index in [0.717, 1.165) is 16.9 Å². The number of ether oxygens (including phenoxy) is 1. The maximum absolute atomic E-state index is 13.0. The van der Waals surface area contributed by atoms with Crippen molar-refractivity contribution < 1.29 is 23.5 Å². The number of benzene rings is 2. The number of likely N-dealkylation sites (tertiary alicyclic amines) is 1. The van der Waals surface area contributed by atoms with Crippen molar-refractivity contribution in [2.45, 2.75) is 13.0 Å². The molecule has 31 heavy (non-hydrogen) atoms. The summed E-state index contributed by atoms with van der Waals surface area (Å²) in [5.74, 6) is -0.330. The third kappa shape index (κ3) is 3.60. The first-order chi connectivity index (χ1) is 15.0. The number of amides is 3. The molecule has 158 valence electrons. The van der Waals surface area contributed by atoms with E-state index in [2.05, 4.69) is 5.32 Å². The maximum Gasteiger partial charge on any atom is 0.240 e. The van der Waals surface area contributed by atoms with Crippen LogP contribution in [0, 0.1) is 29.5 Å². The van der Waals surface area contributed by atoms with E-state index in [1.807, 2.05) is 12.2 Å². The number of allylic oxidation sites excluding steroid dienone is 2. The molecule has 0 radical (unpaired) electrons. The van der Waals surface area contributed by atoms with Crippen molar-refractivity contribution in [3.05, 3.63) is 72.1 Å². The molecule has 0 aromatic heterocycles. The number of rotatable bonds is 6.